The average Bonchev–Trinajstić information content (AvgIpc) is 2.77. The average molecular weight is 254 g/mol. The van der Waals surface area contributed by atoms with Crippen LogP contribution in [0.4, 0.5) is 10.1 Å². The maximum absolute atomic E-state index is 13.0. The summed E-state index contributed by atoms with van der Waals surface area (Å²) in [5, 5.41) is 0. The SMILES string of the molecule is COc1cc(N)ccc1OCCN1CCC(F)C1. The van der Waals surface area contributed by atoms with E-state index in [1.54, 1.807) is 25.3 Å². The summed E-state index contributed by atoms with van der Waals surface area (Å²) in [7, 11) is 1.58. The van der Waals surface area contributed by atoms with Crippen molar-refractivity contribution in [2.24, 2.45) is 0 Å². The van der Waals surface area contributed by atoms with Crippen molar-refractivity contribution in [1.82, 2.24) is 4.90 Å². The Morgan fingerprint density at radius 3 is 2.94 bits per heavy atom. The minimum atomic E-state index is -0.684. The van der Waals surface area contributed by atoms with Gasteiger partial charge in [-0.15, -0.1) is 0 Å². The predicted octanol–water partition coefficient (Wildman–Crippen LogP) is 1.70. The highest BCUT2D eigenvalue weighted by Crippen LogP contribution is 2.28. The van der Waals surface area contributed by atoms with E-state index in [2.05, 4.69) is 4.90 Å². The molecule has 1 aromatic carbocycles. The van der Waals surface area contributed by atoms with E-state index in [0.29, 0.717) is 36.8 Å². The first kappa shape index (κ1) is 13.0. The van der Waals surface area contributed by atoms with Gasteiger partial charge in [-0.2, -0.15) is 0 Å². The second kappa shape index (κ2) is 5.91. The molecule has 1 saturated heterocycles. The highest BCUT2D eigenvalue weighted by Gasteiger charge is 2.21. The zero-order valence-electron chi connectivity index (χ0n) is 10.6. The van der Waals surface area contributed by atoms with Gasteiger partial charge in [-0.1, -0.05) is 0 Å². The minimum Gasteiger partial charge on any atom is -0.493 e. The Labute approximate surface area is 106 Å². The number of rotatable bonds is 5. The molecule has 0 radical (unpaired) electrons. The first-order valence-corrected chi connectivity index (χ1v) is 6.12. The molecule has 0 aromatic heterocycles. The molecule has 1 atom stereocenters. The van der Waals surface area contributed by atoms with Crippen LogP contribution in [0.1, 0.15) is 6.42 Å². The number of nitrogens with two attached hydrogens (primary N) is 1. The van der Waals surface area contributed by atoms with Gasteiger partial charge < -0.3 is 15.2 Å². The number of nitrogen functional groups attached to an aromatic ring is 1. The lowest BCUT2D eigenvalue weighted by molar-refractivity contribution is 0.219. The molecule has 1 fully saturated rings. The van der Waals surface area contributed by atoms with Crippen molar-refractivity contribution >= 4 is 5.69 Å². The van der Waals surface area contributed by atoms with Gasteiger partial charge in [0.2, 0.25) is 0 Å². The lowest BCUT2D eigenvalue weighted by Crippen LogP contribution is -2.26. The number of ether oxygens (including phenoxy) is 2. The lowest BCUT2D eigenvalue weighted by atomic mass is 10.3. The molecule has 5 heteroatoms. The summed E-state index contributed by atoms with van der Waals surface area (Å²) in [6.07, 6.45) is -0.0541. The van der Waals surface area contributed by atoms with Crippen molar-refractivity contribution in [3.05, 3.63) is 18.2 Å². The summed E-state index contributed by atoms with van der Waals surface area (Å²) in [4.78, 5) is 2.06. The summed E-state index contributed by atoms with van der Waals surface area (Å²) >= 11 is 0. The Morgan fingerprint density at radius 2 is 2.28 bits per heavy atom. The van der Waals surface area contributed by atoms with E-state index in [1.165, 1.54) is 0 Å². The first-order valence-electron chi connectivity index (χ1n) is 6.12. The molecule has 2 N–H and O–H groups in total. The van der Waals surface area contributed by atoms with Crippen molar-refractivity contribution < 1.29 is 13.9 Å². The molecular weight excluding hydrogens is 235 g/mol. The highest BCUT2D eigenvalue weighted by molar-refractivity contribution is 5.51. The maximum atomic E-state index is 13.0. The number of anilines is 1. The molecule has 0 bridgehead atoms. The maximum Gasteiger partial charge on any atom is 0.162 e. The Morgan fingerprint density at radius 1 is 1.44 bits per heavy atom. The van der Waals surface area contributed by atoms with E-state index in [1.807, 2.05) is 0 Å². The molecule has 4 nitrogen and oxygen atoms in total. The Hall–Kier alpha value is -1.49. The van der Waals surface area contributed by atoms with Crippen LogP contribution in [0.5, 0.6) is 11.5 Å². The Bertz CT molecular complexity index is 401. The number of alkyl halides is 1. The quantitative estimate of drug-likeness (QED) is 0.812. The molecule has 0 spiro atoms. The summed E-state index contributed by atoms with van der Waals surface area (Å²) < 4.78 is 23.8. The number of likely N-dealkylation sites (tertiary alicyclic amines) is 1. The molecule has 2 rings (SSSR count). The number of methoxy groups -OCH3 is 1. The van der Waals surface area contributed by atoms with Crippen LogP contribution < -0.4 is 15.2 Å². The van der Waals surface area contributed by atoms with Crippen molar-refractivity contribution in [2.45, 2.75) is 12.6 Å². The molecule has 0 aliphatic carbocycles. The van der Waals surface area contributed by atoms with Gasteiger partial charge in [0.15, 0.2) is 11.5 Å². The first-order chi connectivity index (χ1) is 8.69. The molecule has 1 aliphatic rings. The van der Waals surface area contributed by atoms with Gasteiger partial charge in [-0.25, -0.2) is 4.39 Å². The largest absolute Gasteiger partial charge is 0.493 e. The van der Waals surface area contributed by atoms with Crippen LogP contribution in [0, 0.1) is 0 Å². The summed E-state index contributed by atoms with van der Waals surface area (Å²) in [6.45, 7) is 2.58. The summed E-state index contributed by atoms with van der Waals surface area (Å²) in [6, 6.07) is 5.28. The smallest absolute Gasteiger partial charge is 0.162 e. The predicted molar refractivity (Wildman–Crippen MR) is 68.9 cm³/mol. The van der Waals surface area contributed by atoms with Crippen molar-refractivity contribution in [3.63, 3.8) is 0 Å². The van der Waals surface area contributed by atoms with Crippen LogP contribution in [0.25, 0.3) is 0 Å². The monoisotopic (exact) mass is 254 g/mol. The van der Waals surface area contributed by atoms with E-state index in [0.717, 1.165) is 13.1 Å². The van der Waals surface area contributed by atoms with Crippen LogP contribution in [0.2, 0.25) is 0 Å². The fourth-order valence-electron chi connectivity index (χ4n) is 2.08. The van der Waals surface area contributed by atoms with Gasteiger partial charge in [-0.05, 0) is 18.6 Å². The zero-order chi connectivity index (χ0) is 13.0. The standard InChI is InChI=1S/C13H19FN2O2/c1-17-13-8-11(15)2-3-12(13)18-7-6-16-5-4-10(14)9-16/h2-3,8,10H,4-7,9,15H2,1H3. The van der Waals surface area contributed by atoms with Gasteiger partial charge in [0.25, 0.3) is 0 Å². The number of benzene rings is 1. The van der Waals surface area contributed by atoms with Gasteiger partial charge in [0, 0.05) is 31.4 Å². The van der Waals surface area contributed by atoms with Crippen LogP contribution in [-0.4, -0.2) is 44.4 Å². The van der Waals surface area contributed by atoms with E-state index < -0.39 is 6.17 Å². The third-order valence-corrected chi connectivity index (χ3v) is 3.07. The van der Waals surface area contributed by atoms with Crippen molar-refractivity contribution in [3.8, 4) is 11.5 Å². The Balaban J connectivity index is 1.83. The van der Waals surface area contributed by atoms with Gasteiger partial charge in [0.1, 0.15) is 12.8 Å². The van der Waals surface area contributed by atoms with Gasteiger partial charge in [0.05, 0.1) is 7.11 Å². The second-order valence-electron chi connectivity index (χ2n) is 4.45. The number of hydrogen-bond acceptors (Lipinski definition) is 4. The Kier molecular flexibility index (Phi) is 4.25. The van der Waals surface area contributed by atoms with Crippen molar-refractivity contribution in [1.29, 1.82) is 0 Å². The molecule has 0 saturated carbocycles. The zero-order valence-corrected chi connectivity index (χ0v) is 10.6. The van der Waals surface area contributed by atoms with Crippen LogP contribution in [-0.2, 0) is 0 Å². The number of halogens is 1. The third-order valence-electron chi connectivity index (χ3n) is 3.07. The number of nitrogens with zero attached hydrogens (tertiary/aromatic N) is 1. The fourth-order valence-corrected chi connectivity index (χ4v) is 2.08. The van der Waals surface area contributed by atoms with E-state index in [-0.39, 0.29) is 0 Å². The summed E-state index contributed by atoms with van der Waals surface area (Å²) in [5.74, 6) is 1.29. The van der Waals surface area contributed by atoms with E-state index in [4.69, 9.17) is 15.2 Å². The highest BCUT2D eigenvalue weighted by atomic mass is 19.1. The minimum absolute atomic E-state index is 0.516. The molecule has 0 amide bonds. The topological polar surface area (TPSA) is 47.7 Å². The van der Waals surface area contributed by atoms with Crippen LogP contribution in [0.15, 0.2) is 18.2 Å². The molecule has 1 heterocycles. The molecular formula is C13H19FN2O2. The van der Waals surface area contributed by atoms with E-state index in [9.17, 15) is 4.39 Å². The van der Waals surface area contributed by atoms with Gasteiger partial charge >= 0.3 is 0 Å². The van der Waals surface area contributed by atoms with Gasteiger partial charge in [-0.3, -0.25) is 4.90 Å². The molecule has 1 unspecified atom stereocenters. The fraction of sp³-hybridized carbons (Fsp3) is 0.538. The third kappa shape index (κ3) is 3.26. The summed E-state index contributed by atoms with van der Waals surface area (Å²) in [5.41, 5.74) is 6.30. The molecule has 18 heavy (non-hydrogen) atoms. The normalized spacial score (nSPS) is 20.0. The van der Waals surface area contributed by atoms with Crippen LogP contribution in [0.3, 0.4) is 0 Å². The van der Waals surface area contributed by atoms with Crippen LogP contribution >= 0.6 is 0 Å². The second-order valence-corrected chi connectivity index (χ2v) is 4.45. The lowest BCUT2D eigenvalue weighted by Gasteiger charge is -2.16. The van der Waals surface area contributed by atoms with Crippen molar-refractivity contribution in [2.75, 3.05) is 39.1 Å². The van der Waals surface area contributed by atoms with E-state index >= 15 is 0 Å². The number of hydrogen-bond donors (Lipinski definition) is 1. The molecule has 1 aliphatic heterocycles. The molecule has 1 aromatic rings. The molecule has 100 valence electrons.